The first kappa shape index (κ1) is 8.38. The molecule has 0 saturated heterocycles. The Morgan fingerprint density at radius 3 is 3.00 bits per heavy atom. The minimum atomic E-state index is 0.671. The summed E-state index contributed by atoms with van der Waals surface area (Å²) in [4.78, 5) is 0. The first-order valence-corrected chi connectivity index (χ1v) is 4.38. The zero-order chi connectivity index (χ0) is 8.27. The summed E-state index contributed by atoms with van der Waals surface area (Å²) in [7, 11) is 0. The molecule has 0 heterocycles. The summed E-state index contributed by atoms with van der Waals surface area (Å²) in [6, 6.07) is 0. The first-order chi connectivity index (χ1) is 5.24. The number of hydrogen-bond donors (Lipinski definition) is 1. The Bertz CT molecular complexity index is 179. The summed E-state index contributed by atoms with van der Waals surface area (Å²) in [5.41, 5.74) is 6.67. The fourth-order valence-electron chi connectivity index (χ4n) is 1.58. The van der Waals surface area contributed by atoms with Crippen LogP contribution >= 0.6 is 0 Å². The third-order valence-corrected chi connectivity index (χ3v) is 2.43. The topological polar surface area (TPSA) is 26.0 Å². The van der Waals surface area contributed by atoms with Crippen molar-refractivity contribution in [2.24, 2.45) is 17.6 Å². The van der Waals surface area contributed by atoms with E-state index < -0.39 is 0 Å². The van der Waals surface area contributed by atoms with E-state index in [1.54, 1.807) is 0 Å². The Hall–Kier alpha value is -0.720. The molecule has 0 aromatic heterocycles. The quantitative estimate of drug-likeness (QED) is 0.612. The molecule has 0 aromatic rings. The molecule has 0 aromatic carbocycles. The van der Waals surface area contributed by atoms with Crippen molar-refractivity contribution in [2.75, 3.05) is 0 Å². The maximum Gasteiger partial charge on any atom is 0.0273 e. The predicted octanol–water partition coefficient (Wildman–Crippen LogP) is 2.45. The lowest BCUT2D eigenvalue weighted by Gasteiger charge is -2.16. The van der Waals surface area contributed by atoms with Gasteiger partial charge in [0.15, 0.2) is 0 Å². The van der Waals surface area contributed by atoms with Gasteiger partial charge >= 0.3 is 0 Å². The lowest BCUT2D eigenvalue weighted by molar-refractivity contribution is 0.423. The highest BCUT2D eigenvalue weighted by Gasteiger charge is 2.13. The highest BCUT2D eigenvalue weighted by molar-refractivity contribution is 5.18. The molecule has 0 saturated carbocycles. The average molecular weight is 151 g/mol. The lowest BCUT2D eigenvalue weighted by Crippen LogP contribution is -2.07. The maximum atomic E-state index is 5.74. The van der Waals surface area contributed by atoms with Crippen molar-refractivity contribution < 1.29 is 0 Å². The van der Waals surface area contributed by atoms with Crippen molar-refractivity contribution >= 4 is 0 Å². The van der Waals surface area contributed by atoms with Gasteiger partial charge in [0.05, 0.1) is 0 Å². The Labute approximate surface area is 69.0 Å². The van der Waals surface area contributed by atoms with Gasteiger partial charge in [-0.05, 0) is 30.8 Å². The third kappa shape index (κ3) is 2.11. The second-order valence-corrected chi connectivity index (χ2v) is 3.35. The van der Waals surface area contributed by atoms with Crippen LogP contribution in [0.2, 0.25) is 0 Å². The van der Waals surface area contributed by atoms with Gasteiger partial charge in [-0.3, -0.25) is 0 Å². The van der Waals surface area contributed by atoms with E-state index in [9.17, 15) is 0 Å². The normalized spacial score (nSPS) is 31.3. The van der Waals surface area contributed by atoms with E-state index in [1.165, 1.54) is 6.42 Å². The van der Waals surface area contributed by atoms with Crippen molar-refractivity contribution in [3.8, 4) is 0 Å². The predicted molar refractivity (Wildman–Crippen MR) is 49.0 cm³/mol. The molecule has 62 valence electrons. The summed E-state index contributed by atoms with van der Waals surface area (Å²) in [5.74, 6) is 1.42. The molecule has 2 atom stereocenters. The van der Waals surface area contributed by atoms with Crippen LogP contribution in [0, 0.1) is 11.8 Å². The fourth-order valence-corrected chi connectivity index (χ4v) is 1.58. The van der Waals surface area contributed by atoms with Crippen LogP contribution in [0.3, 0.4) is 0 Å². The molecule has 0 fully saturated rings. The molecule has 2 unspecified atom stereocenters. The molecular weight excluding hydrogens is 134 g/mol. The Morgan fingerprint density at radius 1 is 1.64 bits per heavy atom. The van der Waals surface area contributed by atoms with E-state index >= 15 is 0 Å². The van der Waals surface area contributed by atoms with E-state index in [2.05, 4.69) is 26.0 Å². The summed E-state index contributed by atoms with van der Waals surface area (Å²) < 4.78 is 0. The van der Waals surface area contributed by atoms with Crippen LogP contribution in [-0.2, 0) is 0 Å². The van der Waals surface area contributed by atoms with E-state index in [1.807, 2.05) is 6.08 Å². The molecule has 2 N–H and O–H groups in total. The van der Waals surface area contributed by atoms with Crippen LogP contribution in [0.1, 0.15) is 26.7 Å². The van der Waals surface area contributed by atoms with Crippen LogP contribution in [0.5, 0.6) is 0 Å². The van der Waals surface area contributed by atoms with Crippen LogP contribution in [-0.4, -0.2) is 0 Å². The number of nitrogens with two attached hydrogens (primary N) is 1. The van der Waals surface area contributed by atoms with Gasteiger partial charge in [0.1, 0.15) is 0 Å². The molecule has 1 nitrogen and oxygen atoms in total. The zero-order valence-electron chi connectivity index (χ0n) is 7.38. The zero-order valence-corrected chi connectivity index (χ0v) is 7.38. The number of rotatable bonds is 1. The van der Waals surface area contributed by atoms with Gasteiger partial charge in [0.2, 0.25) is 0 Å². The molecule has 0 aliphatic heterocycles. The molecule has 1 rings (SSSR count). The molecule has 0 radical (unpaired) electrons. The van der Waals surface area contributed by atoms with Gasteiger partial charge in [0, 0.05) is 5.70 Å². The van der Waals surface area contributed by atoms with Gasteiger partial charge in [0.25, 0.3) is 0 Å². The Morgan fingerprint density at radius 2 is 2.36 bits per heavy atom. The second-order valence-electron chi connectivity index (χ2n) is 3.35. The molecule has 11 heavy (non-hydrogen) atoms. The van der Waals surface area contributed by atoms with Crippen LogP contribution < -0.4 is 5.73 Å². The van der Waals surface area contributed by atoms with Gasteiger partial charge in [-0.2, -0.15) is 0 Å². The first-order valence-electron chi connectivity index (χ1n) is 4.38. The number of allylic oxidation sites excluding steroid dienone is 3. The molecule has 1 heteroatoms. The SMILES string of the molecule is CCC1C=C(N)C=CCC1C. The Balaban J connectivity index is 2.71. The van der Waals surface area contributed by atoms with Crippen molar-refractivity contribution in [2.45, 2.75) is 26.7 Å². The third-order valence-electron chi connectivity index (χ3n) is 2.43. The second kappa shape index (κ2) is 3.61. The van der Waals surface area contributed by atoms with Gasteiger partial charge < -0.3 is 5.73 Å². The largest absolute Gasteiger partial charge is 0.399 e. The van der Waals surface area contributed by atoms with Crippen molar-refractivity contribution in [1.82, 2.24) is 0 Å². The molecule has 1 aliphatic carbocycles. The summed E-state index contributed by atoms with van der Waals surface area (Å²) in [6.07, 6.45) is 8.74. The van der Waals surface area contributed by atoms with Crippen molar-refractivity contribution in [3.05, 3.63) is 23.9 Å². The molecule has 0 amide bonds. The smallest absolute Gasteiger partial charge is 0.0273 e. The minimum absolute atomic E-state index is 0.671. The maximum absolute atomic E-state index is 5.74. The summed E-state index contributed by atoms with van der Waals surface area (Å²) >= 11 is 0. The molecular formula is C10H17N. The Kier molecular flexibility index (Phi) is 2.75. The van der Waals surface area contributed by atoms with Crippen LogP contribution in [0.4, 0.5) is 0 Å². The van der Waals surface area contributed by atoms with Gasteiger partial charge in [-0.15, -0.1) is 0 Å². The van der Waals surface area contributed by atoms with Crippen LogP contribution in [0.15, 0.2) is 23.9 Å². The van der Waals surface area contributed by atoms with E-state index in [-0.39, 0.29) is 0 Å². The monoisotopic (exact) mass is 151 g/mol. The van der Waals surface area contributed by atoms with Gasteiger partial charge in [-0.1, -0.05) is 26.0 Å². The fraction of sp³-hybridized carbons (Fsp3) is 0.600. The molecule has 0 bridgehead atoms. The van der Waals surface area contributed by atoms with Crippen molar-refractivity contribution in [3.63, 3.8) is 0 Å². The minimum Gasteiger partial charge on any atom is -0.399 e. The molecule has 1 aliphatic rings. The van der Waals surface area contributed by atoms with Gasteiger partial charge in [-0.25, -0.2) is 0 Å². The van der Waals surface area contributed by atoms with E-state index in [0.29, 0.717) is 5.92 Å². The summed E-state index contributed by atoms with van der Waals surface area (Å²) in [5, 5.41) is 0. The summed E-state index contributed by atoms with van der Waals surface area (Å²) in [6.45, 7) is 4.50. The van der Waals surface area contributed by atoms with Crippen LogP contribution in [0.25, 0.3) is 0 Å². The van der Waals surface area contributed by atoms with Crippen molar-refractivity contribution in [1.29, 1.82) is 0 Å². The average Bonchev–Trinajstić information content (AvgIpc) is 2.13. The molecule has 0 spiro atoms. The van der Waals surface area contributed by atoms with E-state index in [4.69, 9.17) is 5.73 Å². The van der Waals surface area contributed by atoms with E-state index in [0.717, 1.165) is 18.0 Å². The number of hydrogen-bond acceptors (Lipinski definition) is 1. The highest BCUT2D eigenvalue weighted by atomic mass is 14.6. The standard InChI is InChI=1S/C10H17N/c1-3-9-7-10(11)6-4-5-8(9)2/h4,6-9H,3,5,11H2,1-2H3. The lowest BCUT2D eigenvalue weighted by atomic mass is 9.90. The highest BCUT2D eigenvalue weighted by Crippen LogP contribution is 2.24.